The predicted molar refractivity (Wildman–Crippen MR) is 85.9 cm³/mol. The summed E-state index contributed by atoms with van der Waals surface area (Å²) in [6.45, 7) is 4.14. The van der Waals surface area contributed by atoms with Gasteiger partial charge < -0.3 is 4.42 Å². The van der Waals surface area contributed by atoms with Crippen LogP contribution in [0.3, 0.4) is 0 Å². The normalized spacial score (nSPS) is 12.7. The lowest BCUT2D eigenvalue weighted by atomic mass is 10.0. The molecule has 3 nitrogen and oxygen atoms in total. The Morgan fingerprint density at radius 1 is 1.10 bits per heavy atom. The molecule has 3 heteroatoms. The van der Waals surface area contributed by atoms with Gasteiger partial charge in [-0.25, -0.2) is 5.43 Å². The number of rotatable bonds is 4. The summed E-state index contributed by atoms with van der Waals surface area (Å²) in [4.78, 5) is 0. The van der Waals surface area contributed by atoms with Gasteiger partial charge in [0.2, 0.25) is 0 Å². The summed E-state index contributed by atoms with van der Waals surface area (Å²) in [7, 11) is 0. The van der Waals surface area contributed by atoms with E-state index in [-0.39, 0.29) is 6.04 Å². The molecule has 2 aromatic carbocycles. The molecule has 21 heavy (non-hydrogen) atoms. The third kappa shape index (κ3) is 2.84. The number of para-hydroxylation sites is 1. The van der Waals surface area contributed by atoms with Crippen molar-refractivity contribution in [2.45, 2.75) is 26.3 Å². The van der Waals surface area contributed by atoms with Gasteiger partial charge in [0, 0.05) is 5.39 Å². The Labute approximate surface area is 124 Å². The van der Waals surface area contributed by atoms with E-state index in [0.29, 0.717) is 0 Å². The minimum absolute atomic E-state index is 0.0282. The van der Waals surface area contributed by atoms with Gasteiger partial charge >= 0.3 is 0 Å². The van der Waals surface area contributed by atoms with Gasteiger partial charge in [-0.1, -0.05) is 48.0 Å². The lowest BCUT2D eigenvalue weighted by Crippen LogP contribution is -2.29. The SMILES string of the molecule is Cc1ccc(CC(NN)c2cc3cccc(C)c3o2)cc1. The van der Waals surface area contributed by atoms with Crippen molar-refractivity contribution in [2.24, 2.45) is 5.84 Å². The lowest BCUT2D eigenvalue weighted by Gasteiger charge is -2.13. The molecule has 108 valence electrons. The van der Waals surface area contributed by atoms with Crippen LogP contribution >= 0.6 is 0 Å². The van der Waals surface area contributed by atoms with Gasteiger partial charge in [-0.3, -0.25) is 5.84 Å². The molecule has 0 fully saturated rings. The van der Waals surface area contributed by atoms with E-state index in [1.54, 1.807) is 0 Å². The second kappa shape index (κ2) is 5.72. The van der Waals surface area contributed by atoms with Crippen molar-refractivity contribution in [3.8, 4) is 0 Å². The highest BCUT2D eigenvalue weighted by molar-refractivity contribution is 5.81. The largest absolute Gasteiger partial charge is 0.459 e. The third-order valence-electron chi connectivity index (χ3n) is 3.87. The van der Waals surface area contributed by atoms with Crippen LogP contribution in [0.15, 0.2) is 52.9 Å². The molecule has 0 saturated carbocycles. The van der Waals surface area contributed by atoms with E-state index in [2.05, 4.69) is 61.7 Å². The molecule has 3 aromatic rings. The number of furan rings is 1. The molecule has 0 amide bonds. The maximum absolute atomic E-state index is 6.01. The molecule has 0 spiro atoms. The summed E-state index contributed by atoms with van der Waals surface area (Å²) in [6, 6.07) is 16.7. The molecule has 3 rings (SSSR count). The average molecular weight is 280 g/mol. The highest BCUT2D eigenvalue weighted by Gasteiger charge is 2.16. The fraction of sp³-hybridized carbons (Fsp3) is 0.222. The highest BCUT2D eigenvalue weighted by Crippen LogP contribution is 2.27. The van der Waals surface area contributed by atoms with Gasteiger partial charge in [0.05, 0.1) is 6.04 Å². The number of fused-ring (bicyclic) bond motifs is 1. The van der Waals surface area contributed by atoms with Gasteiger partial charge in [-0.15, -0.1) is 0 Å². The molecule has 0 radical (unpaired) electrons. The Hall–Kier alpha value is -2.10. The molecule has 1 unspecified atom stereocenters. The number of nitrogens with two attached hydrogens (primary N) is 1. The zero-order valence-electron chi connectivity index (χ0n) is 12.4. The number of hydrogen-bond acceptors (Lipinski definition) is 3. The summed E-state index contributed by atoms with van der Waals surface area (Å²) in [5.74, 6) is 6.61. The number of hydrogen-bond donors (Lipinski definition) is 2. The standard InChI is InChI=1S/C18H20N2O/c1-12-6-8-14(9-7-12)10-16(20-19)17-11-15-5-3-4-13(2)18(15)21-17/h3-9,11,16,20H,10,19H2,1-2H3. The van der Waals surface area contributed by atoms with Gasteiger partial charge in [-0.05, 0) is 37.5 Å². The predicted octanol–water partition coefficient (Wildman–Crippen LogP) is 3.80. The van der Waals surface area contributed by atoms with Crippen molar-refractivity contribution in [1.82, 2.24) is 5.43 Å². The van der Waals surface area contributed by atoms with Crippen LogP contribution in [0.25, 0.3) is 11.0 Å². The van der Waals surface area contributed by atoms with Gasteiger partial charge in [0.25, 0.3) is 0 Å². The summed E-state index contributed by atoms with van der Waals surface area (Å²) in [5.41, 5.74) is 7.45. The summed E-state index contributed by atoms with van der Waals surface area (Å²) in [5, 5.41) is 1.12. The second-order valence-corrected chi connectivity index (χ2v) is 5.55. The highest BCUT2D eigenvalue weighted by atomic mass is 16.3. The molecule has 0 saturated heterocycles. The molecule has 1 aromatic heterocycles. The van der Waals surface area contributed by atoms with Crippen LogP contribution in [-0.4, -0.2) is 0 Å². The zero-order chi connectivity index (χ0) is 14.8. The van der Waals surface area contributed by atoms with Crippen LogP contribution in [-0.2, 0) is 6.42 Å². The first-order valence-corrected chi connectivity index (χ1v) is 7.18. The summed E-state index contributed by atoms with van der Waals surface area (Å²) < 4.78 is 6.01. The van der Waals surface area contributed by atoms with E-state index in [1.165, 1.54) is 11.1 Å². The van der Waals surface area contributed by atoms with Gasteiger partial charge in [0.15, 0.2) is 0 Å². The third-order valence-corrected chi connectivity index (χ3v) is 3.87. The maximum Gasteiger partial charge on any atom is 0.137 e. The topological polar surface area (TPSA) is 51.2 Å². The van der Waals surface area contributed by atoms with Crippen LogP contribution in [0.1, 0.15) is 28.5 Å². The van der Waals surface area contributed by atoms with Crippen LogP contribution < -0.4 is 11.3 Å². The number of nitrogens with one attached hydrogen (secondary N) is 1. The lowest BCUT2D eigenvalue weighted by molar-refractivity contribution is 0.434. The number of aryl methyl sites for hydroxylation is 2. The van der Waals surface area contributed by atoms with E-state index in [4.69, 9.17) is 10.3 Å². The molecular formula is C18H20N2O. The zero-order valence-corrected chi connectivity index (χ0v) is 12.4. The number of benzene rings is 2. The van der Waals surface area contributed by atoms with Crippen molar-refractivity contribution in [3.63, 3.8) is 0 Å². The quantitative estimate of drug-likeness (QED) is 0.564. The van der Waals surface area contributed by atoms with Gasteiger partial charge in [0.1, 0.15) is 11.3 Å². The summed E-state index contributed by atoms with van der Waals surface area (Å²) >= 11 is 0. The molecule has 0 bridgehead atoms. The smallest absolute Gasteiger partial charge is 0.137 e. The molecule has 1 atom stereocenters. The molecule has 0 aliphatic rings. The Kier molecular flexibility index (Phi) is 3.78. The van der Waals surface area contributed by atoms with E-state index >= 15 is 0 Å². The van der Waals surface area contributed by atoms with Crippen molar-refractivity contribution in [2.75, 3.05) is 0 Å². The molecular weight excluding hydrogens is 260 g/mol. The maximum atomic E-state index is 6.01. The van der Waals surface area contributed by atoms with Crippen LogP contribution in [0.5, 0.6) is 0 Å². The minimum atomic E-state index is -0.0282. The van der Waals surface area contributed by atoms with Crippen LogP contribution in [0.2, 0.25) is 0 Å². The Morgan fingerprint density at radius 3 is 2.52 bits per heavy atom. The van der Waals surface area contributed by atoms with Crippen molar-refractivity contribution in [1.29, 1.82) is 0 Å². The Bertz CT molecular complexity index is 744. The first-order chi connectivity index (χ1) is 10.2. The fourth-order valence-electron chi connectivity index (χ4n) is 2.60. The van der Waals surface area contributed by atoms with Crippen LogP contribution in [0.4, 0.5) is 0 Å². The molecule has 1 heterocycles. The van der Waals surface area contributed by atoms with E-state index in [9.17, 15) is 0 Å². The van der Waals surface area contributed by atoms with E-state index in [1.807, 2.05) is 6.07 Å². The van der Waals surface area contributed by atoms with Crippen molar-refractivity contribution in [3.05, 3.63) is 71.0 Å². The van der Waals surface area contributed by atoms with Crippen molar-refractivity contribution >= 4 is 11.0 Å². The fourth-order valence-corrected chi connectivity index (χ4v) is 2.60. The summed E-state index contributed by atoms with van der Waals surface area (Å²) in [6.07, 6.45) is 0.801. The molecule has 0 aliphatic carbocycles. The number of hydrazine groups is 1. The molecule has 0 aliphatic heterocycles. The van der Waals surface area contributed by atoms with Gasteiger partial charge in [-0.2, -0.15) is 0 Å². The first kappa shape index (κ1) is 13.9. The first-order valence-electron chi connectivity index (χ1n) is 7.18. The van der Waals surface area contributed by atoms with Crippen molar-refractivity contribution < 1.29 is 4.42 Å². The minimum Gasteiger partial charge on any atom is -0.459 e. The Balaban J connectivity index is 1.90. The monoisotopic (exact) mass is 280 g/mol. The van der Waals surface area contributed by atoms with E-state index < -0.39 is 0 Å². The second-order valence-electron chi connectivity index (χ2n) is 5.55. The Morgan fingerprint density at radius 2 is 1.86 bits per heavy atom. The average Bonchev–Trinajstić information content (AvgIpc) is 2.92. The van der Waals surface area contributed by atoms with Crippen LogP contribution in [0, 0.1) is 13.8 Å². The van der Waals surface area contributed by atoms with E-state index in [0.717, 1.165) is 28.7 Å². The molecule has 3 N–H and O–H groups in total.